The van der Waals surface area contributed by atoms with Gasteiger partial charge in [-0.25, -0.2) is 0 Å². The number of piperidine rings is 1. The summed E-state index contributed by atoms with van der Waals surface area (Å²) < 4.78 is 5.58. The fourth-order valence-corrected chi connectivity index (χ4v) is 4.11. The maximum Gasteiger partial charge on any atom is 0.219 e. The van der Waals surface area contributed by atoms with Crippen LogP contribution >= 0.6 is 0 Å². The normalized spacial score (nSPS) is 32.3. The van der Waals surface area contributed by atoms with Gasteiger partial charge in [-0.05, 0) is 24.2 Å². The fraction of sp³-hybridized carbons (Fsp3) is 0.941. The molecule has 2 heterocycles. The van der Waals surface area contributed by atoms with Crippen LogP contribution in [-0.2, 0) is 9.53 Å². The number of piperazine rings is 1. The molecular weight excluding hydrogens is 278 g/mol. The third-order valence-corrected chi connectivity index (χ3v) is 5.65. The van der Waals surface area contributed by atoms with Crippen LogP contribution in [0.2, 0.25) is 0 Å². The standard InChI is InChI=1S/C17H31N3O2/c1-3-9-22-10-8-18-4-6-19(7-5-18)11-15-16-12-20(14(2)21)13-17(15)16/h15-17H,3-13H2,1-2H3/t15?,16-,17+. The van der Waals surface area contributed by atoms with Crippen molar-refractivity contribution >= 4 is 5.91 Å². The molecular formula is C17H31N3O2. The number of rotatable bonds is 7. The predicted molar refractivity (Wildman–Crippen MR) is 86.7 cm³/mol. The van der Waals surface area contributed by atoms with Crippen molar-refractivity contribution in [2.45, 2.75) is 20.3 Å². The monoisotopic (exact) mass is 309 g/mol. The molecule has 5 nitrogen and oxygen atoms in total. The van der Waals surface area contributed by atoms with Gasteiger partial charge in [0.2, 0.25) is 5.91 Å². The van der Waals surface area contributed by atoms with Crippen LogP contribution in [0, 0.1) is 17.8 Å². The summed E-state index contributed by atoms with van der Waals surface area (Å²) in [4.78, 5) is 18.6. The number of hydrogen-bond acceptors (Lipinski definition) is 4. The maximum atomic E-state index is 11.4. The zero-order valence-electron chi connectivity index (χ0n) is 14.2. The number of hydrogen-bond donors (Lipinski definition) is 0. The average Bonchev–Trinajstić information content (AvgIpc) is 2.96. The van der Waals surface area contributed by atoms with Crippen LogP contribution < -0.4 is 0 Å². The van der Waals surface area contributed by atoms with E-state index in [4.69, 9.17) is 4.74 Å². The number of fused-ring (bicyclic) bond motifs is 1. The molecule has 1 aliphatic carbocycles. The summed E-state index contributed by atoms with van der Waals surface area (Å²) in [6.45, 7) is 14.7. The van der Waals surface area contributed by atoms with Crippen molar-refractivity contribution in [3.63, 3.8) is 0 Å². The second-order valence-corrected chi connectivity index (χ2v) is 7.17. The van der Waals surface area contributed by atoms with E-state index in [1.165, 1.54) is 32.7 Å². The number of amides is 1. The van der Waals surface area contributed by atoms with Crippen molar-refractivity contribution in [3.05, 3.63) is 0 Å². The van der Waals surface area contributed by atoms with Gasteiger partial charge < -0.3 is 14.5 Å². The summed E-state index contributed by atoms with van der Waals surface area (Å²) in [5.74, 6) is 2.70. The number of likely N-dealkylation sites (tertiary alicyclic amines) is 1. The maximum absolute atomic E-state index is 11.4. The topological polar surface area (TPSA) is 36.0 Å². The van der Waals surface area contributed by atoms with Gasteiger partial charge in [0, 0.05) is 65.9 Å². The molecule has 5 heteroatoms. The van der Waals surface area contributed by atoms with Crippen molar-refractivity contribution < 1.29 is 9.53 Å². The van der Waals surface area contributed by atoms with E-state index in [0.717, 1.165) is 57.0 Å². The molecule has 3 rings (SSSR count). The molecule has 2 saturated heterocycles. The van der Waals surface area contributed by atoms with E-state index < -0.39 is 0 Å². The lowest BCUT2D eigenvalue weighted by atomic mass is 10.2. The molecule has 0 radical (unpaired) electrons. The van der Waals surface area contributed by atoms with Crippen molar-refractivity contribution in [3.8, 4) is 0 Å². The van der Waals surface area contributed by atoms with Gasteiger partial charge in [0.15, 0.2) is 0 Å². The highest BCUT2D eigenvalue weighted by molar-refractivity contribution is 5.73. The summed E-state index contributed by atoms with van der Waals surface area (Å²) in [7, 11) is 0. The summed E-state index contributed by atoms with van der Waals surface area (Å²) in [6, 6.07) is 0. The van der Waals surface area contributed by atoms with E-state index in [0.29, 0.717) is 0 Å². The second-order valence-electron chi connectivity index (χ2n) is 7.17. The Morgan fingerprint density at radius 3 is 2.27 bits per heavy atom. The van der Waals surface area contributed by atoms with Crippen molar-refractivity contribution in [2.24, 2.45) is 17.8 Å². The van der Waals surface area contributed by atoms with Gasteiger partial charge >= 0.3 is 0 Å². The van der Waals surface area contributed by atoms with Crippen LogP contribution in [0.15, 0.2) is 0 Å². The van der Waals surface area contributed by atoms with Gasteiger partial charge in [0.25, 0.3) is 0 Å². The predicted octanol–water partition coefficient (Wildman–Crippen LogP) is 0.755. The zero-order chi connectivity index (χ0) is 15.5. The Bertz CT molecular complexity index is 370. The summed E-state index contributed by atoms with van der Waals surface area (Å²) in [5.41, 5.74) is 0. The minimum absolute atomic E-state index is 0.254. The summed E-state index contributed by atoms with van der Waals surface area (Å²) >= 11 is 0. The molecule has 3 aliphatic rings. The van der Waals surface area contributed by atoms with Crippen LogP contribution in [0.3, 0.4) is 0 Å². The molecule has 0 spiro atoms. The van der Waals surface area contributed by atoms with E-state index in [-0.39, 0.29) is 5.91 Å². The van der Waals surface area contributed by atoms with Gasteiger partial charge in [0.05, 0.1) is 6.61 Å². The van der Waals surface area contributed by atoms with Gasteiger partial charge in [-0.1, -0.05) is 6.92 Å². The first kappa shape index (κ1) is 16.2. The van der Waals surface area contributed by atoms with Crippen LogP contribution in [0.25, 0.3) is 0 Å². The number of carbonyl (C=O) groups excluding carboxylic acids is 1. The van der Waals surface area contributed by atoms with E-state index in [1.807, 2.05) is 4.90 Å². The highest BCUT2D eigenvalue weighted by Crippen LogP contribution is 2.51. The molecule has 3 fully saturated rings. The van der Waals surface area contributed by atoms with Gasteiger partial charge in [-0.3, -0.25) is 9.69 Å². The molecule has 0 aromatic carbocycles. The number of ether oxygens (including phenoxy) is 1. The molecule has 1 amide bonds. The minimum atomic E-state index is 0.254. The van der Waals surface area contributed by atoms with Gasteiger partial charge in [0.1, 0.15) is 0 Å². The second kappa shape index (κ2) is 7.28. The van der Waals surface area contributed by atoms with Crippen LogP contribution in [0.5, 0.6) is 0 Å². The third kappa shape index (κ3) is 3.81. The molecule has 0 N–H and O–H groups in total. The van der Waals surface area contributed by atoms with E-state index in [9.17, 15) is 4.79 Å². The Kier molecular flexibility index (Phi) is 5.37. The Balaban J connectivity index is 1.29. The van der Waals surface area contributed by atoms with E-state index in [1.54, 1.807) is 6.92 Å². The molecule has 0 aromatic rings. The van der Waals surface area contributed by atoms with Crippen LogP contribution in [0.4, 0.5) is 0 Å². The highest BCUT2D eigenvalue weighted by Gasteiger charge is 2.56. The average molecular weight is 309 g/mol. The first-order chi connectivity index (χ1) is 10.7. The van der Waals surface area contributed by atoms with Crippen molar-refractivity contribution in [1.29, 1.82) is 0 Å². The quantitative estimate of drug-likeness (QED) is 0.651. The molecule has 2 aliphatic heterocycles. The van der Waals surface area contributed by atoms with Crippen LogP contribution in [-0.4, -0.2) is 86.2 Å². The van der Waals surface area contributed by atoms with E-state index in [2.05, 4.69) is 16.7 Å². The Morgan fingerprint density at radius 1 is 1.05 bits per heavy atom. The molecule has 1 saturated carbocycles. The first-order valence-electron chi connectivity index (χ1n) is 8.97. The molecule has 1 unspecified atom stereocenters. The third-order valence-electron chi connectivity index (χ3n) is 5.65. The lowest BCUT2D eigenvalue weighted by Gasteiger charge is -2.35. The number of carbonyl (C=O) groups is 1. The summed E-state index contributed by atoms with van der Waals surface area (Å²) in [5, 5.41) is 0. The Morgan fingerprint density at radius 2 is 1.68 bits per heavy atom. The lowest BCUT2D eigenvalue weighted by molar-refractivity contribution is -0.128. The first-order valence-corrected chi connectivity index (χ1v) is 8.97. The molecule has 126 valence electrons. The summed E-state index contributed by atoms with van der Waals surface area (Å²) in [6.07, 6.45) is 1.11. The molecule has 22 heavy (non-hydrogen) atoms. The zero-order valence-corrected chi connectivity index (χ0v) is 14.2. The fourth-order valence-electron chi connectivity index (χ4n) is 4.11. The minimum Gasteiger partial charge on any atom is -0.380 e. The molecule has 0 aromatic heterocycles. The lowest BCUT2D eigenvalue weighted by Crippen LogP contribution is -2.48. The van der Waals surface area contributed by atoms with Crippen molar-refractivity contribution in [2.75, 3.05) is 65.6 Å². The SMILES string of the molecule is CCCOCCN1CCN(CC2[C@H]3CN(C(C)=O)C[C@@H]23)CC1. The Labute approximate surface area is 134 Å². The smallest absolute Gasteiger partial charge is 0.219 e. The number of nitrogens with zero attached hydrogens (tertiary/aromatic N) is 3. The van der Waals surface area contributed by atoms with E-state index >= 15 is 0 Å². The van der Waals surface area contributed by atoms with Crippen molar-refractivity contribution in [1.82, 2.24) is 14.7 Å². The largest absolute Gasteiger partial charge is 0.380 e. The van der Waals surface area contributed by atoms with Crippen LogP contribution in [0.1, 0.15) is 20.3 Å². The van der Waals surface area contributed by atoms with Gasteiger partial charge in [-0.2, -0.15) is 0 Å². The van der Waals surface area contributed by atoms with Gasteiger partial charge in [-0.15, -0.1) is 0 Å². The highest BCUT2D eigenvalue weighted by atomic mass is 16.5. The molecule has 3 atom stereocenters. The molecule has 0 bridgehead atoms. The Hall–Kier alpha value is -0.650.